The Morgan fingerprint density at radius 1 is 1.00 bits per heavy atom. The number of amides is 1. The van der Waals surface area contributed by atoms with Crippen LogP contribution in [0, 0.1) is 13.8 Å². The number of carbonyl (C=O) groups is 1. The average Bonchev–Trinajstić information content (AvgIpc) is 2.76. The van der Waals surface area contributed by atoms with Gasteiger partial charge in [-0.05, 0) is 73.5 Å². The zero-order chi connectivity index (χ0) is 23.8. The standard InChI is InChI=1S/C23H19ClN4O4S/c1-14-9-10-28-21(11-14)25-13-19(23(28)30)22(29)26-18-6-3-15(2)20(12-18)33(31,32)27-17-7-4-16(24)5-8-17/h3-13,27H,1-2H3,(H,26,29). The number of carbonyl (C=O) groups excluding carboxylic acids is 1. The molecule has 2 N–H and O–H groups in total. The summed E-state index contributed by atoms with van der Waals surface area (Å²) in [6, 6.07) is 14.2. The number of halogens is 1. The van der Waals surface area contributed by atoms with Crippen LogP contribution in [0.4, 0.5) is 11.4 Å². The van der Waals surface area contributed by atoms with Crippen LogP contribution in [0.5, 0.6) is 0 Å². The van der Waals surface area contributed by atoms with Gasteiger partial charge in [0.25, 0.3) is 21.5 Å². The van der Waals surface area contributed by atoms with Crippen LogP contribution in [0.3, 0.4) is 0 Å². The highest BCUT2D eigenvalue weighted by atomic mass is 35.5. The molecule has 0 aliphatic rings. The van der Waals surface area contributed by atoms with Crippen molar-refractivity contribution in [1.82, 2.24) is 9.38 Å². The van der Waals surface area contributed by atoms with Crippen molar-refractivity contribution >= 4 is 44.6 Å². The topological polar surface area (TPSA) is 110 Å². The Labute approximate surface area is 194 Å². The second kappa shape index (κ2) is 8.68. The number of sulfonamides is 1. The third-order valence-corrected chi connectivity index (χ3v) is 6.72. The Hall–Kier alpha value is -3.69. The molecular weight excluding hydrogens is 464 g/mol. The summed E-state index contributed by atoms with van der Waals surface area (Å²) >= 11 is 5.85. The van der Waals surface area contributed by atoms with Crippen molar-refractivity contribution in [3.63, 3.8) is 0 Å². The molecule has 0 saturated heterocycles. The predicted octanol–water partition coefficient (Wildman–Crippen LogP) is 4.02. The molecule has 1 amide bonds. The lowest BCUT2D eigenvalue weighted by Gasteiger charge is -2.13. The number of nitrogens with zero attached hydrogens (tertiary/aromatic N) is 2. The smallest absolute Gasteiger partial charge is 0.270 e. The fraction of sp³-hybridized carbons (Fsp3) is 0.0870. The van der Waals surface area contributed by atoms with Crippen molar-refractivity contribution in [2.45, 2.75) is 18.7 Å². The maximum Gasteiger partial charge on any atom is 0.270 e. The van der Waals surface area contributed by atoms with Crippen LogP contribution in [0.25, 0.3) is 5.65 Å². The first-order chi connectivity index (χ1) is 15.6. The van der Waals surface area contributed by atoms with E-state index >= 15 is 0 Å². The number of benzene rings is 2. The molecule has 0 aliphatic carbocycles. The van der Waals surface area contributed by atoms with E-state index in [4.69, 9.17) is 11.6 Å². The lowest BCUT2D eigenvalue weighted by molar-refractivity contribution is 0.102. The molecule has 0 atom stereocenters. The van der Waals surface area contributed by atoms with E-state index in [-0.39, 0.29) is 16.1 Å². The largest absolute Gasteiger partial charge is 0.322 e. The van der Waals surface area contributed by atoms with Crippen LogP contribution in [0.1, 0.15) is 21.5 Å². The van der Waals surface area contributed by atoms with Crippen LogP contribution in [-0.2, 0) is 10.0 Å². The molecule has 0 bridgehead atoms. The van der Waals surface area contributed by atoms with Gasteiger partial charge >= 0.3 is 0 Å². The van der Waals surface area contributed by atoms with Gasteiger partial charge < -0.3 is 5.32 Å². The summed E-state index contributed by atoms with van der Waals surface area (Å²) in [6.07, 6.45) is 2.76. The van der Waals surface area contributed by atoms with Crippen LogP contribution >= 0.6 is 11.6 Å². The van der Waals surface area contributed by atoms with Crippen molar-refractivity contribution in [3.05, 3.63) is 99.1 Å². The van der Waals surface area contributed by atoms with Gasteiger partial charge in [0.05, 0.1) is 4.90 Å². The van der Waals surface area contributed by atoms with Gasteiger partial charge in [0.15, 0.2) is 0 Å². The molecular formula is C23H19ClN4O4S. The Bertz CT molecular complexity index is 1550. The summed E-state index contributed by atoms with van der Waals surface area (Å²) < 4.78 is 29.6. The van der Waals surface area contributed by atoms with E-state index in [0.29, 0.717) is 21.9 Å². The Kier molecular flexibility index (Phi) is 5.92. The lowest BCUT2D eigenvalue weighted by atomic mass is 10.2. The molecule has 0 spiro atoms. The number of rotatable bonds is 5. The second-order valence-corrected chi connectivity index (χ2v) is 9.54. The van der Waals surface area contributed by atoms with Crippen LogP contribution < -0.4 is 15.6 Å². The van der Waals surface area contributed by atoms with Crippen molar-refractivity contribution in [2.75, 3.05) is 10.0 Å². The van der Waals surface area contributed by atoms with Gasteiger partial charge in [-0.25, -0.2) is 13.4 Å². The van der Waals surface area contributed by atoms with E-state index in [2.05, 4.69) is 15.0 Å². The number of aromatic nitrogens is 2. The van der Waals surface area contributed by atoms with E-state index in [1.165, 1.54) is 16.7 Å². The maximum absolute atomic E-state index is 12.9. The van der Waals surface area contributed by atoms with Crippen LogP contribution in [0.15, 0.2) is 76.7 Å². The lowest BCUT2D eigenvalue weighted by Crippen LogP contribution is -2.26. The molecule has 0 aliphatic heterocycles. The van der Waals surface area contributed by atoms with Gasteiger partial charge in [-0.3, -0.25) is 18.7 Å². The normalized spacial score (nSPS) is 11.4. The van der Waals surface area contributed by atoms with Crippen molar-refractivity contribution < 1.29 is 13.2 Å². The summed E-state index contributed by atoms with van der Waals surface area (Å²) in [7, 11) is -3.94. The highest BCUT2D eigenvalue weighted by Gasteiger charge is 2.19. The first kappa shape index (κ1) is 22.5. The van der Waals surface area contributed by atoms with Gasteiger partial charge in [0.2, 0.25) is 0 Å². The summed E-state index contributed by atoms with van der Waals surface area (Å²) in [5.41, 5.74) is 1.71. The Balaban J connectivity index is 1.63. The zero-order valence-corrected chi connectivity index (χ0v) is 19.2. The summed E-state index contributed by atoms with van der Waals surface area (Å²) in [5, 5.41) is 3.06. The average molecular weight is 483 g/mol. The molecule has 10 heteroatoms. The zero-order valence-electron chi connectivity index (χ0n) is 17.7. The molecule has 4 aromatic rings. The van der Waals surface area contributed by atoms with Crippen molar-refractivity contribution in [1.29, 1.82) is 0 Å². The Morgan fingerprint density at radius 2 is 1.70 bits per heavy atom. The molecule has 2 heterocycles. The van der Waals surface area contributed by atoms with E-state index in [1.807, 2.05) is 6.92 Å². The summed E-state index contributed by atoms with van der Waals surface area (Å²) in [5.74, 6) is -0.694. The first-order valence-electron chi connectivity index (χ1n) is 9.82. The highest BCUT2D eigenvalue weighted by molar-refractivity contribution is 7.92. The minimum absolute atomic E-state index is 0.0147. The fourth-order valence-corrected chi connectivity index (χ4v) is 4.68. The van der Waals surface area contributed by atoms with Crippen molar-refractivity contribution in [3.8, 4) is 0 Å². The van der Waals surface area contributed by atoms with E-state index in [0.717, 1.165) is 5.56 Å². The number of hydrogen-bond donors (Lipinski definition) is 2. The van der Waals surface area contributed by atoms with Crippen LogP contribution in [-0.4, -0.2) is 23.7 Å². The van der Waals surface area contributed by atoms with Gasteiger partial charge in [0, 0.05) is 28.8 Å². The Morgan fingerprint density at radius 3 is 2.42 bits per heavy atom. The van der Waals surface area contributed by atoms with Gasteiger partial charge in [-0.2, -0.15) is 0 Å². The highest BCUT2D eigenvalue weighted by Crippen LogP contribution is 2.24. The van der Waals surface area contributed by atoms with Gasteiger partial charge in [0.1, 0.15) is 11.2 Å². The van der Waals surface area contributed by atoms with Crippen molar-refractivity contribution in [2.24, 2.45) is 0 Å². The fourth-order valence-electron chi connectivity index (χ4n) is 3.23. The number of pyridine rings is 1. The van der Waals surface area contributed by atoms with Gasteiger partial charge in [-0.1, -0.05) is 17.7 Å². The summed E-state index contributed by atoms with van der Waals surface area (Å²) in [6.45, 7) is 3.52. The molecule has 168 valence electrons. The molecule has 33 heavy (non-hydrogen) atoms. The number of anilines is 2. The molecule has 0 fully saturated rings. The molecule has 2 aromatic heterocycles. The summed E-state index contributed by atoms with van der Waals surface area (Å²) in [4.78, 5) is 29.7. The molecule has 0 unspecified atom stereocenters. The number of aryl methyl sites for hydroxylation is 2. The number of hydrogen-bond acceptors (Lipinski definition) is 5. The van der Waals surface area contributed by atoms with E-state index in [9.17, 15) is 18.0 Å². The monoisotopic (exact) mass is 482 g/mol. The number of fused-ring (bicyclic) bond motifs is 1. The third-order valence-electron chi connectivity index (χ3n) is 4.94. The van der Waals surface area contributed by atoms with E-state index < -0.39 is 21.5 Å². The molecule has 2 aromatic carbocycles. The minimum atomic E-state index is -3.94. The molecule has 0 radical (unpaired) electrons. The van der Waals surface area contributed by atoms with Crippen LogP contribution in [0.2, 0.25) is 5.02 Å². The maximum atomic E-state index is 12.9. The quantitative estimate of drug-likeness (QED) is 0.446. The van der Waals surface area contributed by atoms with Gasteiger partial charge in [-0.15, -0.1) is 0 Å². The molecule has 8 nitrogen and oxygen atoms in total. The minimum Gasteiger partial charge on any atom is -0.322 e. The molecule has 0 saturated carbocycles. The molecule has 4 rings (SSSR count). The first-order valence-corrected chi connectivity index (χ1v) is 11.7. The number of nitrogens with one attached hydrogen (secondary N) is 2. The SMILES string of the molecule is Cc1ccn2c(=O)c(C(=O)Nc3ccc(C)c(S(=O)(=O)Nc4ccc(Cl)cc4)c3)cnc2c1. The second-order valence-electron chi connectivity index (χ2n) is 7.46. The van der Waals surface area contributed by atoms with E-state index in [1.54, 1.807) is 61.7 Å². The predicted molar refractivity (Wildman–Crippen MR) is 128 cm³/mol. The third kappa shape index (κ3) is 4.74.